The largest absolute Gasteiger partial charge is 0.496 e. The molecule has 5 rings (SSSR count). The van der Waals surface area contributed by atoms with Crippen molar-refractivity contribution in [3.05, 3.63) is 76.2 Å². The maximum Gasteiger partial charge on any atom is 0.239 e. The summed E-state index contributed by atoms with van der Waals surface area (Å²) in [5, 5.41) is 14.0. The Morgan fingerprint density at radius 1 is 0.833 bits per heavy atom. The second-order valence-corrected chi connectivity index (χ2v) is 11.5. The molecule has 0 radical (unpaired) electrons. The summed E-state index contributed by atoms with van der Waals surface area (Å²) in [6.45, 7) is 2.16. The molecule has 0 N–H and O–H groups in total. The normalized spacial score (nSPS) is 11.2. The van der Waals surface area contributed by atoms with Crippen LogP contribution >= 0.6 is 11.8 Å². The second kappa shape index (κ2) is 16.1. The first kappa shape index (κ1) is 34.2. The lowest BCUT2D eigenvalue weighted by molar-refractivity contribution is 0.298. The molecule has 252 valence electrons. The number of aromatic nitrogens is 3. The molecular formula is C35H38N4O8S. The van der Waals surface area contributed by atoms with Crippen LogP contribution in [0.25, 0.3) is 22.3 Å². The number of nitrogens with zero attached hydrogens (tertiary/aromatic N) is 4. The van der Waals surface area contributed by atoms with Gasteiger partial charge in [0.15, 0.2) is 23.1 Å². The van der Waals surface area contributed by atoms with Crippen LogP contribution in [0.1, 0.15) is 30.7 Å². The van der Waals surface area contributed by atoms with E-state index in [-0.39, 0.29) is 34.5 Å². The monoisotopic (exact) mass is 674 g/mol. The number of benzene rings is 3. The van der Waals surface area contributed by atoms with E-state index in [2.05, 4.69) is 15.3 Å². The predicted octanol–water partition coefficient (Wildman–Crippen LogP) is 6.63. The lowest BCUT2D eigenvalue weighted by Crippen LogP contribution is -2.12. The van der Waals surface area contributed by atoms with Crippen LogP contribution in [0.2, 0.25) is 0 Å². The molecule has 0 bridgehead atoms. The van der Waals surface area contributed by atoms with Crippen molar-refractivity contribution in [1.29, 1.82) is 0 Å². The summed E-state index contributed by atoms with van der Waals surface area (Å²) in [5.74, 6) is 3.78. The van der Waals surface area contributed by atoms with E-state index in [1.165, 1.54) is 35.5 Å². The number of ether oxygens (including phenoxy) is 6. The van der Waals surface area contributed by atoms with Crippen LogP contribution in [0, 0.1) is 6.92 Å². The van der Waals surface area contributed by atoms with Crippen LogP contribution in [0.3, 0.4) is 0 Å². The maximum atomic E-state index is 14.0. The van der Waals surface area contributed by atoms with Crippen LogP contribution in [0.4, 0.5) is 0 Å². The molecule has 0 aliphatic rings. The Balaban J connectivity index is 1.32. The van der Waals surface area contributed by atoms with Gasteiger partial charge >= 0.3 is 0 Å². The van der Waals surface area contributed by atoms with Crippen LogP contribution < -0.4 is 33.8 Å². The molecular weight excluding hydrogens is 636 g/mol. The number of hydrogen-bond acceptors (Lipinski definition) is 12. The van der Waals surface area contributed by atoms with Crippen molar-refractivity contribution in [3.63, 3.8) is 0 Å². The maximum absolute atomic E-state index is 14.0. The highest BCUT2D eigenvalue weighted by Crippen LogP contribution is 2.44. The molecule has 2 heterocycles. The molecule has 0 aliphatic heterocycles. The van der Waals surface area contributed by atoms with Gasteiger partial charge < -0.3 is 32.8 Å². The van der Waals surface area contributed by atoms with Gasteiger partial charge in [0.05, 0.1) is 48.4 Å². The van der Waals surface area contributed by atoms with Crippen LogP contribution in [0.5, 0.6) is 34.5 Å². The predicted molar refractivity (Wildman–Crippen MR) is 185 cm³/mol. The summed E-state index contributed by atoms with van der Waals surface area (Å²) < 4.78 is 41.8. The molecule has 0 saturated heterocycles. The highest BCUT2D eigenvalue weighted by molar-refractivity contribution is 7.99. The van der Waals surface area contributed by atoms with Gasteiger partial charge in [0, 0.05) is 23.4 Å². The van der Waals surface area contributed by atoms with E-state index in [0.29, 0.717) is 46.6 Å². The smallest absolute Gasteiger partial charge is 0.239 e. The van der Waals surface area contributed by atoms with E-state index in [9.17, 15) is 4.79 Å². The molecule has 0 spiro atoms. The molecule has 0 amide bonds. The molecule has 0 saturated carbocycles. The Hall–Kier alpha value is -5.17. The molecule has 3 aromatic carbocycles. The summed E-state index contributed by atoms with van der Waals surface area (Å²) in [7, 11) is 7.57. The van der Waals surface area contributed by atoms with Gasteiger partial charge in [-0.1, -0.05) is 42.1 Å². The molecule has 0 aliphatic carbocycles. The number of rotatable bonds is 16. The first-order valence-corrected chi connectivity index (χ1v) is 16.2. The standard InChI is InChI=1S/C35H38N4O8S/c1-22-37-38-35(39(22)36-21-23-13-9-7-10-14-23)48-16-12-8-11-15-46-34-31(40)30-26(42-3)19-25(41-2)20-27(30)47-32(34)24-17-28(43-4)33(45-6)29(18-24)44-5/h7,9-10,13-14,17-21H,8,11-12,15-16H2,1-6H3. The molecule has 0 atom stereocenters. The molecule has 0 unspecified atom stereocenters. The summed E-state index contributed by atoms with van der Waals surface area (Å²) in [6.07, 6.45) is 4.23. The first-order valence-electron chi connectivity index (χ1n) is 15.2. The number of fused-ring (bicyclic) bond motifs is 1. The van der Waals surface area contributed by atoms with Gasteiger partial charge in [-0.3, -0.25) is 4.79 Å². The first-order chi connectivity index (χ1) is 23.4. The fourth-order valence-corrected chi connectivity index (χ4v) is 5.93. The Kier molecular flexibility index (Phi) is 11.5. The number of aryl methyl sites for hydroxylation is 1. The quantitative estimate of drug-likeness (QED) is 0.0636. The summed E-state index contributed by atoms with van der Waals surface area (Å²) in [6, 6.07) is 16.6. The zero-order valence-electron chi connectivity index (χ0n) is 27.8. The molecule has 13 heteroatoms. The van der Waals surface area contributed by atoms with Crippen molar-refractivity contribution in [2.45, 2.75) is 31.3 Å². The van der Waals surface area contributed by atoms with E-state index < -0.39 is 0 Å². The SMILES string of the molecule is COc1cc(OC)c2c(=O)c(OCCCCCSc3nnc(C)n3N=Cc3ccccc3)c(-c3cc(OC)c(OC)c(OC)c3)oc2c1. The Morgan fingerprint density at radius 3 is 2.23 bits per heavy atom. The summed E-state index contributed by atoms with van der Waals surface area (Å²) >= 11 is 1.59. The average molecular weight is 675 g/mol. The number of unbranched alkanes of at least 4 members (excludes halogenated alkanes) is 2. The van der Waals surface area contributed by atoms with E-state index in [1.54, 1.807) is 46.9 Å². The van der Waals surface area contributed by atoms with Gasteiger partial charge in [-0.05, 0) is 43.9 Å². The lowest BCUT2D eigenvalue weighted by Gasteiger charge is -2.17. The fourth-order valence-electron chi connectivity index (χ4n) is 5.00. The van der Waals surface area contributed by atoms with Crippen molar-refractivity contribution in [1.82, 2.24) is 14.9 Å². The van der Waals surface area contributed by atoms with Crippen molar-refractivity contribution in [2.24, 2.45) is 5.10 Å². The van der Waals surface area contributed by atoms with Gasteiger partial charge in [0.1, 0.15) is 22.5 Å². The van der Waals surface area contributed by atoms with Crippen molar-refractivity contribution < 1.29 is 32.8 Å². The highest BCUT2D eigenvalue weighted by atomic mass is 32.2. The fraction of sp³-hybridized carbons (Fsp3) is 0.314. The lowest BCUT2D eigenvalue weighted by atomic mass is 10.1. The minimum Gasteiger partial charge on any atom is -0.496 e. The molecule has 2 aromatic heterocycles. The summed E-state index contributed by atoms with van der Waals surface area (Å²) in [4.78, 5) is 14.0. The zero-order chi connectivity index (χ0) is 34.0. The topological polar surface area (TPSA) is 129 Å². The Bertz CT molecular complexity index is 1920. The number of hydrogen-bond donors (Lipinski definition) is 0. The van der Waals surface area contributed by atoms with Crippen molar-refractivity contribution >= 4 is 28.9 Å². The van der Waals surface area contributed by atoms with Gasteiger partial charge in [-0.15, -0.1) is 10.2 Å². The molecule has 0 fully saturated rings. The minimum atomic E-state index is -0.374. The second-order valence-electron chi connectivity index (χ2n) is 10.5. The van der Waals surface area contributed by atoms with Crippen molar-refractivity contribution in [2.75, 3.05) is 47.9 Å². The van der Waals surface area contributed by atoms with E-state index in [4.69, 9.17) is 32.8 Å². The minimum absolute atomic E-state index is 0.0504. The zero-order valence-corrected chi connectivity index (χ0v) is 28.6. The summed E-state index contributed by atoms with van der Waals surface area (Å²) in [5.41, 5.74) is 1.40. The van der Waals surface area contributed by atoms with Gasteiger partial charge in [0.25, 0.3) is 0 Å². The third-order valence-electron chi connectivity index (χ3n) is 7.43. The highest BCUT2D eigenvalue weighted by Gasteiger charge is 2.24. The average Bonchev–Trinajstić information content (AvgIpc) is 3.48. The molecule has 12 nitrogen and oxygen atoms in total. The Morgan fingerprint density at radius 2 is 1.56 bits per heavy atom. The molecule has 48 heavy (non-hydrogen) atoms. The van der Waals surface area contributed by atoms with E-state index in [1.807, 2.05) is 37.3 Å². The van der Waals surface area contributed by atoms with Crippen molar-refractivity contribution in [3.8, 4) is 45.8 Å². The van der Waals surface area contributed by atoms with E-state index in [0.717, 1.165) is 29.3 Å². The third-order valence-corrected chi connectivity index (χ3v) is 8.44. The van der Waals surface area contributed by atoms with E-state index >= 15 is 0 Å². The molecule has 5 aromatic rings. The third kappa shape index (κ3) is 7.52. The van der Waals surface area contributed by atoms with Crippen LogP contribution in [-0.4, -0.2) is 69.0 Å². The number of thioether (sulfide) groups is 1. The van der Waals surface area contributed by atoms with Crippen LogP contribution in [0.15, 0.2) is 74.1 Å². The van der Waals surface area contributed by atoms with Gasteiger partial charge in [-0.2, -0.15) is 9.78 Å². The van der Waals surface area contributed by atoms with Crippen LogP contribution in [-0.2, 0) is 0 Å². The van der Waals surface area contributed by atoms with Gasteiger partial charge in [0.2, 0.25) is 22.1 Å². The Labute approximate surface area is 282 Å². The van der Waals surface area contributed by atoms with Gasteiger partial charge in [-0.25, -0.2) is 0 Å². The number of methoxy groups -OCH3 is 5.